The van der Waals surface area contributed by atoms with Gasteiger partial charge in [0, 0.05) is 12.1 Å². The van der Waals surface area contributed by atoms with Crippen LogP contribution in [-0.4, -0.2) is 62.2 Å². The molecule has 4 bridgehead atoms. The molecule has 12 heteroatoms. The number of likely N-dealkylation sites (tertiary alicyclic amines) is 1. The number of nitrogens with one attached hydrogen (secondary N) is 1. The van der Waals surface area contributed by atoms with Crippen LogP contribution in [-0.2, 0) is 19.6 Å². The van der Waals surface area contributed by atoms with E-state index in [9.17, 15) is 26.4 Å². The number of halogens is 3. The molecule has 0 aromatic heterocycles. The van der Waals surface area contributed by atoms with Crippen molar-refractivity contribution < 1.29 is 31.1 Å². The molecule has 1 amide bonds. The van der Waals surface area contributed by atoms with Crippen LogP contribution < -0.4 is 11.1 Å². The minimum absolute atomic E-state index is 0.00651. The molecule has 1 aromatic rings. The average molecular weight is 597 g/mol. The third-order valence-electron chi connectivity index (χ3n) is 10.4. The molecule has 2 heterocycles. The van der Waals surface area contributed by atoms with E-state index in [0.29, 0.717) is 31.0 Å². The zero-order chi connectivity index (χ0) is 29.4. The predicted molar refractivity (Wildman–Crippen MR) is 147 cm³/mol. The Kier molecular flexibility index (Phi) is 6.73. The summed E-state index contributed by atoms with van der Waals surface area (Å²) in [6, 6.07) is 7.45. The van der Waals surface area contributed by atoms with E-state index in [1.165, 1.54) is 0 Å². The molecule has 7 rings (SSSR count). The van der Waals surface area contributed by atoms with Gasteiger partial charge in [0.2, 0.25) is 5.91 Å². The summed E-state index contributed by atoms with van der Waals surface area (Å²) < 4.78 is 75.3. The Morgan fingerprint density at radius 1 is 1.12 bits per heavy atom. The van der Waals surface area contributed by atoms with E-state index < -0.39 is 44.4 Å². The fraction of sp³-hybridized carbons (Fsp3) is 0.724. The maximum atomic E-state index is 13.6. The van der Waals surface area contributed by atoms with Crippen LogP contribution in [0.2, 0.25) is 0 Å². The van der Waals surface area contributed by atoms with Gasteiger partial charge in [0.25, 0.3) is 10.0 Å². The molecule has 5 atom stereocenters. The molecule has 5 fully saturated rings. The number of carbonyl (C=O) groups is 1. The first-order valence-electron chi connectivity index (χ1n) is 14.6. The van der Waals surface area contributed by atoms with Crippen LogP contribution >= 0.6 is 0 Å². The number of benzene rings is 1. The molecule has 41 heavy (non-hydrogen) atoms. The summed E-state index contributed by atoms with van der Waals surface area (Å²) in [5, 5.41) is 2.35. The Bertz CT molecular complexity index is 1340. The number of nitrogens with two attached hydrogens (primary N) is 1. The lowest BCUT2D eigenvalue weighted by molar-refractivity contribution is -0.138. The lowest BCUT2D eigenvalue weighted by atomic mass is 9.68. The van der Waals surface area contributed by atoms with Crippen LogP contribution in [0.25, 0.3) is 0 Å². The van der Waals surface area contributed by atoms with Crippen molar-refractivity contribution in [1.29, 1.82) is 0 Å². The number of amidine groups is 1. The summed E-state index contributed by atoms with van der Waals surface area (Å²) in [5.74, 6) is 0.556. The minimum atomic E-state index is -4.15. The highest BCUT2D eigenvalue weighted by Gasteiger charge is 2.67. The van der Waals surface area contributed by atoms with Gasteiger partial charge in [0.1, 0.15) is 10.9 Å². The van der Waals surface area contributed by atoms with Gasteiger partial charge in [-0.3, -0.25) is 4.79 Å². The number of sulfonamides is 1. The SMILES string of the molecule is CC1(C)OC(NC23CC4CC2CC(C(N)=O)(C4)C3)=NS(=O)(=O)[C@@H]1c1ccc(C2CCN(CCC(F)(F)F)CC2)cc1. The molecule has 1 aromatic carbocycles. The first-order chi connectivity index (χ1) is 19.1. The van der Waals surface area contributed by atoms with Gasteiger partial charge in [0.15, 0.2) is 0 Å². The van der Waals surface area contributed by atoms with Gasteiger partial charge in [-0.15, -0.1) is 4.40 Å². The van der Waals surface area contributed by atoms with Crippen LogP contribution in [0.5, 0.6) is 0 Å². The molecule has 4 aliphatic carbocycles. The molecule has 226 valence electrons. The molecule has 8 nitrogen and oxygen atoms in total. The van der Waals surface area contributed by atoms with E-state index in [4.69, 9.17) is 10.5 Å². The minimum Gasteiger partial charge on any atom is -0.457 e. The molecule has 1 saturated heterocycles. The molecule has 6 aliphatic rings. The molecule has 0 radical (unpaired) electrons. The smallest absolute Gasteiger partial charge is 0.390 e. The number of ether oxygens (including phenoxy) is 1. The normalized spacial score (nSPS) is 36.1. The zero-order valence-corrected chi connectivity index (χ0v) is 24.4. The monoisotopic (exact) mass is 596 g/mol. The third kappa shape index (κ3) is 5.23. The maximum Gasteiger partial charge on any atom is 0.390 e. The molecular weight excluding hydrogens is 557 g/mol. The van der Waals surface area contributed by atoms with Crippen LogP contribution in [0, 0.1) is 17.3 Å². The van der Waals surface area contributed by atoms with Gasteiger partial charge < -0.3 is 20.7 Å². The van der Waals surface area contributed by atoms with Crippen molar-refractivity contribution in [1.82, 2.24) is 10.2 Å². The van der Waals surface area contributed by atoms with Gasteiger partial charge >= 0.3 is 12.2 Å². The molecule has 4 saturated carbocycles. The second-order valence-electron chi connectivity index (χ2n) is 13.7. The molecule has 3 N–H and O–H groups in total. The van der Waals surface area contributed by atoms with Crippen LogP contribution in [0.1, 0.15) is 87.5 Å². The van der Waals surface area contributed by atoms with Crippen molar-refractivity contribution in [3.63, 3.8) is 0 Å². The number of hydrogen-bond acceptors (Lipinski definition) is 6. The van der Waals surface area contributed by atoms with Crippen LogP contribution in [0.3, 0.4) is 0 Å². The highest BCUT2D eigenvalue weighted by atomic mass is 32.2. The van der Waals surface area contributed by atoms with Crippen molar-refractivity contribution in [2.45, 2.75) is 93.7 Å². The highest BCUT2D eigenvalue weighted by molar-refractivity contribution is 7.90. The second kappa shape index (κ2) is 9.59. The number of alkyl halides is 3. The summed E-state index contributed by atoms with van der Waals surface area (Å²) in [7, 11) is -3.99. The van der Waals surface area contributed by atoms with E-state index in [-0.39, 0.29) is 30.3 Å². The van der Waals surface area contributed by atoms with Gasteiger partial charge in [-0.25, -0.2) is 8.42 Å². The Hall–Kier alpha value is -2.34. The van der Waals surface area contributed by atoms with Crippen molar-refractivity contribution in [2.24, 2.45) is 27.4 Å². The zero-order valence-electron chi connectivity index (χ0n) is 23.5. The van der Waals surface area contributed by atoms with E-state index in [2.05, 4.69) is 9.71 Å². The lowest BCUT2D eigenvalue weighted by Gasteiger charge is -2.42. The summed E-state index contributed by atoms with van der Waals surface area (Å²) in [5.41, 5.74) is 5.37. The first kappa shape index (κ1) is 28.8. The summed E-state index contributed by atoms with van der Waals surface area (Å²) in [4.78, 5) is 14.2. The average Bonchev–Trinajstić information content (AvgIpc) is 3.22. The standard InChI is InChI=1S/C29H39F3N4O4S/c1-26(2)23(21-5-3-19(4-6-21)20-7-10-36(11-8-20)12-9-29(30,31)32)41(38,39)35-25(40-26)34-28-15-18-13-22(28)16-27(14-18,17-28)24(33)37/h3-6,18,20,22-23H,7-17H2,1-2H3,(H2,33,37)(H,34,35)/t18?,22?,23-,27?,28?/m1/s1. The summed E-state index contributed by atoms with van der Waals surface area (Å²) in [6.07, 6.45) is 0.510. The van der Waals surface area contributed by atoms with Gasteiger partial charge in [-0.2, -0.15) is 13.2 Å². The van der Waals surface area contributed by atoms with E-state index in [1.54, 1.807) is 26.0 Å². The van der Waals surface area contributed by atoms with Gasteiger partial charge in [-0.05, 0) is 101 Å². The number of carbonyl (C=O) groups excluding carboxylic acids is 1. The highest BCUT2D eigenvalue weighted by Crippen LogP contribution is 2.66. The topological polar surface area (TPSA) is 114 Å². The number of piperidine rings is 1. The third-order valence-corrected chi connectivity index (χ3v) is 12.3. The Morgan fingerprint density at radius 3 is 2.39 bits per heavy atom. The number of rotatable bonds is 6. The predicted octanol–water partition coefficient (Wildman–Crippen LogP) is 4.38. The largest absolute Gasteiger partial charge is 0.457 e. The Balaban J connectivity index is 1.15. The van der Waals surface area contributed by atoms with E-state index in [1.807, 2.05) is 17.0 Å². The van der Waals surface area contributed by atoms with Crippen LogP contribution in [0.15, 0.2) is 28.7 Å². The van der Waals surface area contributed by atoms with E-state index >= 15 is 0 Å². The Morgan fingerprint density at radius 2 is 1.78 bits per heavy atom. The fourth-order valence-corrected chi connectivity index (χ4v) is 10.5. The number of nitrogens with zero attached hydrogens (tertiary/aromatic N) is 2. The molecule has 0 spiro atoms. The molecule has 2 aliphatic heterocycles. The number of hydrogen-bond donors (Lipinski definition) is 2. The van der Waals surface area contributed by atoms with Gasteiger partial charge in [0.05, 0.1) is 11.8 Å². The lowest BCUT2D eigenvalue weighted by Crippen LogP contribution is -2.56. The summed E-state index contributed by atoms with van der Waals surface area (Å²) in [6.45, 7) is 4.73. The first-order valence-corrected chi connectivity index (χ1v) is 16.1. The quantitative estimate of drug-likeness (QED) is 0.504. The fourth-order valence-electron chi connectivity index (χ4n) is 8.79. The second-order valence-corrected chi connectivity index (χ2v) is 15.3. The van der Waals surface area contributed by atoms with Crippen LogP contribution in [0.4, 0.5) is 13.2 Å². The van der Waals surface area contributed by atoms with Crippen molar-refractivity contribution in [3.8, 4) is 0 Å². The van der Waals surface area contributed by atoms with Crippen molar-refractivity contribution in [3.05, 3.63) is 35.4 Å². The Labute approximate surface area is 239 Å². The van der Waals surface area contributed by atoms with Gasteiger partial charge in [-0.1, -0.05) is 24.3 Å². The summed E-state index contributed by atoms with van der Waals surface area (Å²) >= 11 is 0. The number of primary amides is 1. The number of amides is 1. The molecular formula is C29H39F3N4O4S. The maximum absolute atomic E-state index is 13.6. The molecule has 4 unspecified atom stereocenters. The van der Waals surface area contributed by atoms with E-state index in [0.717, 1.165) is 44.1 Å². The van der Waals surface area contributed by atoms with Crippen molar-refractivity contribution >= 4 is 22.0 Å². The van der Waals surface area contributed by atoms with Crippen molar-refractivity contribution in [2.75, 3.05) is 19.6 Å².